The minimum Gasteiger partial charge on any atom is -0.305 e. The largest absolute Gasteiger partial charge is 0.345 e. The van der Waals surface area contributed by atoms with Crippen molar-refractivity contribution in [3.05, 3.63) is 71.3 Å². The molecule has 0 amide bonds. The van der Waals surface area contributed by atoms with E-state index in [-0.39, 0.29) is 5.69 Å². The topological polar surface area (TPSA) is 63.6 Å². The first-order chi connectivity index (χ1) is 11.2. The average Bonchev–Trinajstić information content (AvgIpc) is 3.00. The third-order valence-electron chi connectivity index (χ3n) is 3.89. The van der Waals surface area contributed by atoms with Crippen molar-refractivity contribution in [2.75, 3.05) is 0 Å². The Morgan fingerprint density at radius 3 is 2.57 bits per heavy atom. The maximum atomic E-state index is 11.9. The van der Waals surface area contributed by atoms with Crippen LogP contribution < -0.4 is 5.69 Å². The fourth-order valence-electron chi connectivity index (χ4n) is 2.79. The van der Waals surface area contributed by atoms with E-state index in [2.05, 4.69) is 15.1 Å². The van der Waals surface area contributed by atoms with Crippen molar-refractivity contribution < 1.29 is 0 Å². The van der Waals surface area contributed by atoms with Gasteiger partial charge in [0.05, 0.1) is 16.9 Å². The van der Waals surface area contributed by atoms with E-state index in [1.807, 2.05) is 66.3 Å². The van der Waals surface area contributed by atoms with Crippen LogP contribution >= 0.6 is 0 Å². The molecule has 23 heavy (non-hydrogen) atoms. The highest BCUT2D eigenvalue weighted by molar-refractivity contribution is 5.94. The molecule has 2 aromatic heterocycles. The summed E-state index contributed by atoms with van der Waals surface area (Å²) in [5, 5.41) is 5.12. The Bertz CT molecular complexity index is 1050. The second-order valence-electron chi connectivity index (χ2n) is 5.36. The summed E-state index contributed by atoms with van der Waals surface area (Å²) in [4.78, 5) is 18.8. The predicted molar refractivity (Wildman–Crippen MR) is 90.0 cm³/mol. The normalized spacial score (nSPS) is 11.0. The maximum Gasteiger partial charge on any atom is 0.345 e. The lowest BCUT2D eigenvalue weighted by atomic mass is 10.0. The Kier molecular flexibility index (Phi) is 3.05. The highest BCUT2D eigenvalue weighted by Crippen LogP contribution is 2.28. The van der Waals surface area contributed by atoms with Gasteiger partial charge in [-0.1, -0.05) is 36.4 Å². The SMILES string of the molecule is Cn1nccc1-c1ccc2[nH]c(=O)nc(-c3ccccc3)c2c1. The molecule has 0 fully saturated rings. The van der Waals surface area contributed by atoms with Crippen LogP contribution in [0.5, 0.6) is 0 Å². The monoisotopic (exact) mass is 302 g/mol. The summed E-state index contributed by atoms with van der Waals surface area (Å²) in [5.41, 5.74) is 4.08. The van der Waals surface area contributed by atoms with Crippen LogP contribution in [-0.4, -0.2) is 19.7 Å². The Morgan fingerprint density at radius 1 is 1.00 bits per heavy atom. The number of benzene rings is 2. The first kappa shape index (κ1) is 13.5. The standard InChI is InChI=1S/C18H14N4O/c1-22-16(9-10-19-22)13-7-8-15-14(11-13)17(21-18(23)20-15)12-5-3-2-4-6-12/h2-11H,1H3,(H,20,21,23). The Morgan fingerprint density at radius 2 is 1.83 bits per heavy atom. The van der Waals surface area contributed by atoms with Crippen LogP contribution in [0.1, 0.15) is 0 Å². The van der Waals surface area contributed by atoms with Gasteiger partial charge in [0.1, 0.15) is 0 Å². The molecular weight excluding hydrogens is 288 g/mol. The molecule has 0 saturated carbocycles. The van der Waals surface area contributed by atoms with Crippen molar-refractivity contribution in [2.24, 2.45) is 7.05 Å². The maximum absolute atomic E-state index is 11.9. The van der Waals surface area contributed by atoms with Gasteiger partial charge in [-0.25, -0.2) is 4.79 Å². The average molecular weight is 302 g/mol. The van der Waals surface area contributed by atoms with E-state index >= 15 is 0 Å². The zero-order valence-electron chi connectivity index (χ0n) is 12.5. The smallest absolute Gasteiger partial charge is 0.305 e. The molecule has 5 nitrogen and oxygen atoms in total. The fourth-order valence-corrected chi connectivity index (χ4v) is 2.79. The van der Waals surface area contributed by atoms with Gasteiger partial charge in [-0.05, 0) is 18.2 Å². The molecule has 2 aromatic carbocycles. The Hall–Kier alpha value is -3.21. The molecule has 0 saturated heterocycles. The lowest BCUT2D eigenvalue weighted by Gasteiger charge is -2.08. The lowest BCUT2D eigenvalue weighted by molar-refractivity contribution is 0.776. The van der Waals surface area contributed by atoms with Crippen LogP contribution in [0, 0.1) is 0 Å². The summed E-state index contributed by atoms with van der Waals surface area (Å²) in [6, 6.07) is 17.6. The number of nitrogens with zero attached hydrogens (tertiary/aromatic N) is 3. The lowest BCUT2D eigenvalue weighted by Crippen LogP contribution is -2.11. The summed E-state index contributed by atoms with van der Waals surface area (Å²) in [5.74, 6) is 0. The van der Waals surface area contributed by atoms with Crippen molar-refractivity contribution in [3.63, 3.8) is 0 Å². The second-order valence-corrected chi connectivity index (χ2v) is 5.36. The molecular formula is C18H14N4O. The Labute approximate surface area is 132 Å². The fraction of sp³-hybridized carbons (Fsp3) is 0.0556. The van der Waals surface area contributed by atoms with Crippen LogP contribution in [0.4, 0.5) is 0 Å². The van der Waals surface area contributed by atoms with E-state index in [0.717, 1.165) is 27.7 Å². The van der Waals surface area contributed by atoms with Crippen molar-refractivity contribution in [2.45, 2.75) is 0 Å². The molecule has 5 heteroatoms. The van der Waals surface area contributed by atoms with Crippen LogP contribution in [0.15, 0.2) is 65.6 Å². The van der Waals surface area contributed by atoms with E-state index in [1.165, 1.54) is 0 Å². The molecule has 112 valence electrons. The summed E-state index contributed by atoms with van der Waals surface area (Å²) in [6.45, 7) is 0. The zero-order valence-corrected chi connectivity index (χ0v) is 12.5. The van der Waals surface area contributed by atoms with Crippen molar-refractivity contribution in [1.82, 2.24) is 19.7 Å². The first-order valence-electron chi connectivity index (χ1n) is 7.30. The molecule has 0 bridgehead atoms. The van der Waals surface area contributed by atoms with E-state index in [1.54, 1.807) is 6.20 Å². The van der Waals surface area contributed by atoms with Crippen molar-refractivity contribution in [3.8, 4) is 22.5 Å². The quantitative estimate of drug-likeness (QED) is 0.619. The van der Waals surface area contributed by atoms with Crippen molar-refractivity contribution in [1.29, 1.82) is 0 Å². The Balaban J connectivity index is 2.02. The van der Waals surface area contributed by atoms with Crippen LogP contribution in [0.3, 0.4) is 0 Å². The highest BCUT2D eigenvalue weighted by Gasteiger charge is 2.10. The highest BCUT2D eigenvalue weighted by atomic mass is 16.1. The molecule has 0 aliphatic carbocycles. The number of aromatic nitrogens is 4. The number of aryl methyl sites for hydroxylation is 1. The molecule has 0 atom stereocenters. The molecule has 4 rings (SSSR count). The van der Waals surface area contributed by atoms with Crippen LogP contribution in [-0.2, 0) is 7.05 Å². The van der Waals surface area contributed by atoms with Crippen LogP contribution in [0.2, 0.25) is 0 Å². The molecule has 1 N–H and O–H groups in total. The summed E-state index contributed by atoms with van der Waals surface area (Å²) in [6.07, 6.45) is 1.77. The molecule has 0 aliphatic heterocycles. The van der Waals surface area contributed by atoms with Gasteiger partial charge in [0.15, 0.2) is 0 Å². The van der Waals surface area contributed by atoms with E-state index in [9.17, 15) is 4.79 Å². The third-order valence-corrected chi connectivity index (χ3v) is 3.89. The number of nitrogens with one attached hydrogen (secondary N) is 1. The molecule has 0 spiro atoms. The number of hydrogen-bond donors (Lipinski definition) is 1. The first-order valence-corrected chi connectivity index (χ1v) is 7.30. The zero-order chi connectivity index (χ0) is 15.8. The summed E-state index contributed by atoms with van der Waals surface area (Å²) < 4.78 is 1.82. The van der Waals surface area contributed by atoms with Gasteiger partial charge in [0.2, 0.25) is 0 Å². The minimum atomic E-state index is -0.343. The number of H-pyrrole nitrogens is 1. The number of fused-ring (bicyclic) bond motifs is 1. The molecule has 0 radical (unpaired) electrons. The van der Waals surface area contributed by atoms with Gasteiger partial charge in [-0.2, -0.15) is 10.1 Å². The van der Waals surface area contributed by atoms with Gasteiger partial charge in [0, 0.05) is 29.8 Å². The minimum absolute atomic E-state index is 0.343. The van der Waals surface area contributed by atoms with Crippen molar-refractivity contribution >= 4 is 10.9 Å². The van der Waals surface area contributed by atoms with E-state index < -0.39 is 0 Å². The predicted octanol–water partition coefficient (Wildman–Crippen LogP) is 2.99. The molecule has 0 unspecified atom stereocenters. The van der Waals surface area contributed by atoms with E-state index in [0.29, 0.717) is 5.69 Å². The number of aromatic amines is 1. The van der Waals surface area contributed by atoms with E-state index in [4.69, 9.17) is 0 Å². The van der Waals surface area contributed by atoms with Gasteiger partial charge in [0.25, 0.3) is 0 Å². The summed E-state index contributed by atoms with van der Waals surface area (Å²) in [7, 11) is 1.91. The molecule has 4 aromatic rings. The van der Waals surface area contributed by atoms with Crippen LogP contribution in [0.25, 0.3) is 33.4 Å². The summed E-state index contributed by atoms with van der Waals surface area (Å²) >= 11 is 0. The van der Waals surface area contributed by atoms with Gasteiger partial charge >= 0.3 is 5.69 Å². The van der Waals surface area contributed by atoms with Gasteiger partial charge in [-0.3, -0.25) is 4.68 Å². The number of rotatable bonds is 2. The van der Waals surface area contributed by atoms with Gasteiger partial charge < -0.3 is 4.98 Å². The molecule has 0 aliphatic rings. The third kappa shape index (κ3) is 2.32. The number of hydrogen-bond acceptors (Lipinski definition) is 3. The molecule has 2 heterocycles. The van der Waals surface area contributed by atoms with Gasteiger partial charge in [-0.15, -0.1) is 0 Å². The second kappa shape index (κ2) is 5.21.